The number of fused-ring (bicyclic) bond motifs is 1. The number of ether oxygens (including phenoxy) is 1. The number of H-pyrrole nitrogens is 1. The molecule has 1 aliphatic heterocycles. The third-order valence-corrected chi connectivity index (χ3v) is 5.27. The Morgan fingerprint density at radius 1 is 1.06 bits per heavy atom. The number of nitrogens with one attached hydrogen (secondary N) is 2. The van der Waals surface area contributed by atoms with Crippen molar-refractivity contribution in [2.45, 2.75) is 12.6 Å². The maximum Gasteiger partial charge on any atom is 0.195 e. The fraction of sp³-hybridized carbons (Fsp3) is 0.0870. The van der Waals surface area contributed by atoms with E-state index in [0.29, 0.717) is 22.7 Å². The number of nitrogens with zero attached hydrogens (tertiary/aromatic N) is 3. The molecule has 6 N–H and O–H groups in total. The second kappa shape index (κ2) is 7.47. The lowest BCUT2D eigenvalue weighted by Gasteiger charge is -2.29. The zero-order valence-electron chi connectivity index (χ0n) is 17.1. The Morgan fingerprint density at radius 2 is 1.88 bits per heavy atom. The number of hydrogen-bond donors (Lipinski definition) is 4. The van der Waals surface area contributed by atoms with Crippen LogP contribution < -0.4 is 21.5 Å². The molecule has 0 amide bonds. The lowest BCUT2D eigenvalue weighted by atomic mass is 9.96. The highest BCUT2D eigenvalue weighted by Crippen LogP contribution is 2.35. The summed E-state index contributed by atoms with van der Waals surface area (Å²) in [6.45, 7) is 1.93. The summed E-state index contributed by atoms with van der Waals surface area (Å²) < 4.78 is 21.0. The zero-order chi connectivity index (χ0) is 22.3. The van der Waals surface area contributed by atoms with Gasteiger partial charge in [0.1, 0.15) is 11.4 Å². The summed E-state index contributed by atoms with van der Waals surface area (Å²) >= 11 is 0. The van der Waals surface area contributed by atoms with Crippen molar-refractivity contribution < 1.29 is 9.13 Å². The third-order valence-electron chi connectivity index (χ3n) is 5.27. The predicted octanol–water partition coefficient (Wildman–Crippen LogP) is 3.27. The normalized spacial score (nSPS) is 18.1. The average molecular weight is 429 g/mol. The van der Waals surface area contributed by atoms with Gasteiger partial charge in [0.05, 0.1) is 5.39 Å². The van der Waals surface area contributed by atoms with E-state index in [2.05, 4.69) is 25.3 Å². The fourth-order valence-electron chi connectivity index (χ4n) is 3.71. The van der Waals surface area contributed by atoms with Gasteiger partial charge in [-0.2, -0.15) is 0 Å². The smallest absolute Gasteiger partial charge is 0.195 e. The van der Waals surface area contributed by atoms with Gasteiger partial charge >= 0.3 is 0 Å². The molecule has 1 aliphatic rings. The molecular formula is C23H20FN7O. The van der Waals surface area contributed by atoms with Crippen molar-refractivity contribution in [3.05, 3.63) is 89.8 Å². The molecule has 4 aromatic rings. The zero-order valence-corrected chi connectivity index (χ0v) is 17.1. The Kier molecular flexibility index (Phi) is 4.60. The van der Waals surface area contributed by atoms with Crippen LogP contribution in [0, 0.1) is 12.7 Å². The molecular weight excluding hydrogens is 409 g/mol. The summed E-state index contributed by atoms with van der Waals surface area (Å²) in [6, 6.07) is 9.83. The van der Waals surface area contributed by atoms with E-state index >= 15 is 4.39 Å². The van der Waals surface area contributed by atoms with E-state index in [1.807, 2.05) is 25.3 Å². The second-order valence-corrected chi connectivity index (χ2v) is 7.49. The Hall–Kier alpha value is -4.24. The Morgan fingerprint density at radius 3 is 2.66 bits per heavy atom. The number of hydrogen-bond acceptors (Lipinski definition) is 7. The Labute approximate surface area is 182 Å². The molecule has 1 atom stereocenters. The van der Waals surface area contributed by atoms with E-state index in [1.54, 1.807) is 36.8 Å². The van der Waals surface area contributed by atoms with Crippen molar-refractivity contribution in [1.82, 2.24) is 20.3 Å². The second-order valence-electron chi connectivity index (χ2n) is 7.49. The van der Waals surface area contributed by atoms with Gasteiger partial charge < -0.3 is 20.8 Å². The van der Waals surface area contributed by atoms with Gasteiger partial charge in [0, 0.05) is 41.6 Å². The molecule has 0 bridgehead atoms. The minimum Gasteiger partial charge on any atom is -0.453 e. The van der Waals surface area contributed by atoms with Crippen molar-refractivity contribution in [1.29, 1.82) is 0 Å². The molecule has 0 fully saturated rings. The number of aromatic nitrogens is 3. The molecule has 3 aromatic heterocycles. The van der Waals surface area contributed by atoms with Crippen molar-refractivity contribution in [2.24, 2.45) is 16.5 Å². The summed E-state index contributed by atoms with van der Waals surface area (Å²) in [6.07, 6.45) is 8.45. The minimum absolute atomic E-state index is 0.0645. The molecule has 8 nitrogen and oxygen atoms in total. The quantitative estimate of drug-likeness (QED) is 0.394. The highest BCUT2D eigenvalue weighted by Gasteiger charge is 2.30. The first-order valence-electron chi connectivity index (χ1n) is 9.88. The molecule has 9 heteroatoms. The van der Waals surface area contributed by atoms with Gasteiger partial charge in [0.25, 0.3) is 0 Å². The minimum atomic E-state index is -1.35. The molecule has 1 unspecified atom stereocenters. The lowest BCUT2D eigenvalue weighted by Crippen LogP contribution is -2.44. The number of aromatic amines is 1. The fourth-order valence-corrected chi connectivity index (χ4v) is 3.71. The molecule has 4 heterocycles. The lowest BCUT2D eigenvalue weighted by molar-refractivity contribution is 0.443. The number of halogens is 1. The maximum absolute atomic E-state index is 15.1. The Bertz CT molecular complexity index is 1380. The molecule has 0 radical (unpaired) electrons. The van der Waals surface area contributed by atoms with Crippen LogP contribution in [0.3, 0.4) is 0 Å². The van der Waals surface area contributed by atoms with Crippen LogP contribution in [-0.4, -0.2) is 20.9 Å². The number of aryl methyl sites for hydroxylation is 1. The van der Waals surface area contributed by atoms with E-state index in [1.165, 1.54) is 12.1 Å². The van der Waals surface area contributed by atoms with Crippen molar-refractivity contribution in [3.8, 4) is 11.5 Å². The van der Waals surface area contributed by atoms with Gasteiger partial charge in [-0.3, -0.25) is 10.7 Å². The molecule has 1 aromatic carbocycles. The van der Waals surface area contributed by atoms with E-state index < -0.39 is 11.5 Å². The largest absolute Gasteiger partial charge is 0.453 e. The van der Waals surface area contributed by atoms with E-state index in [9.17, 15) is 0 Å². The van der Waals surface area contributed by atoms with Crippen LogP contribution >= 0.6 is 0 Å². The molecule has 0 aliphatic carbocycles. The van der Waals surface area contributed by atoms with Crippen LogP contribution in [0.4, 0.5) is 4.39 Å². The third kappa shape index (κ3) is 3.44. The summed E-state index contributed by atoms with van der Waals surface area (Å²) in [7, 11) is 0. The van der Waals surface area contributed by atoms with Gasteiger partial charge in [0.15, 0.2) is 23.2 Å². The molecule has 0 saturated heterocycles. The van der Waals surface area contributed by atoms with E-state index in [0.717, 1.165) is 16.5 Å². The van der Waals surface area contributed by atoms with Crippen molar-refractivity contribution >= 4 is 22.7 Å². The molecule has 32 heavy (non-hydrogen) atoms. The number of nitrogens with two attached hydrogens (primary N) is 2. The molecule has 5 rings (SSSR count). The number of pyridine rings is 2. The first-order valence-corrected chi connectivity index (χ1v) is 9.88. The standard InChI is InChI=1S/C23H20FN7O/c1-13-12-29-21-20(13)19(6-9-28-21)32-18-3-2-15(10-16(18)24)23(26)11-17(30-22(25)31-23)14-4-7-27-8-5-14/h2-12H,26H2,1H3,(H,28,29)(H3,25,30,31). The van der Waals surface area contributed by atoms with Crippen LogP contribution in [0.1, 0.15) is 16.7 Å². The number of benzene rings is 1. The van der Waals surface area contributed by atoms with Gasteiger partial charge in [-0.1, -0.05) is 6.07 Å². The topological polar surface area (TPSA) is 127 Å². The number of guanidine groups is 1. The monoisotopic (exact) mass is 429 g/mol. The predicted molar refractivity (Wildman–Crippen MR) is 120 cm³/mol. The van der Waals surface area contributed by atoms with Crippen LogP contribution in [-0.2, 0) is 5.66 Å². The summed E-state index contributed by atoms with van der Waals surface area (Å²) in [5, 5.41) is 3.79. The number of rotatable bonds is 4. The summed E-state index contributed by atoms with van der Waals surface area (Å²) in [5.74, 6) is 0.128. The Balaban J connectivity index is 1.50. The summed E-state index contributed by atoms with van der Waals surface area (Å²) in [5.41, 5.74) is 14.7. The van der Waals surface area contributed by atoms with Crippen LogP contribution in [0.2, 0.25) is 0 Å². The van der Waals surface area contributed by atoms with E-state index in [4.69, 9.17) is 16.2 Å². The summed E-state index contributed by atoms with van der Waals surface area (Å²) in [4.78, 5) is 15.6. The van der Waals surface area contributed by atoms with Gasteiger partial charge in [0.2, 0.25) is 0 Å². The van der Waals surface area contributed by atoms with Crippen LogP contribution in [0.15, 0.2) is 72.3 Å². The SMILES string of the molecule is Cc1c[nH]c2nccc(Oc3ccc(C4(N)C=C(c5ccncc5)NC(N)=N4)cc3F)c12. The van der Waals surface area contributed by atoms with E-state index in [-0.39, 0.29) is 11.7 Å². The average Bonchev–Trinajstić information content (AvgIpc) is 3.17. The first-order chi connectivity index (χ1) is 15.4. The number of aliphatic imine (C=N–C) groups is 1. The highest BCUT2D eigenvalue weighted by molar-refractivity contribution is 5.91. The molecule has 0 spiro atoms. The molecule has 160 valence electrons. The van der Waals surface area contributed by atoms with Gasteiger partial charge in [-0.05, 0) is 48.9 Å². The van der Waals surface area contributed by atoms with Crippen LogP contribution in [0.5, 0.6) is 11.5 Å². The van der Waals surface area contributed by atoms with Crippen molar-refractivity contribution in [3.63, 3.8) is 0 Å². The molecule has 0 saturated carbocycles. The van der Waals surface area contributed by atoms with Crippen molar-refractivity contribution in [2.75, 3.05) is 0 Å². The van der Waals surface area contributed by atoms with Gasteiger partial charge in [-0.25, -0.2) is 14.4 Å². The highest BCUT2D eigenvalue weighted by atomic mass is 19.1. The van der Waals surface area contributed by atoms with Crippen LogP contribution in [0.25, 0.3) is 16.7 Å². The van der Waals surface area contributed by atoms with Gasteiger partial charge in [-0.15, -0.1) is 0 Å². The first kappa shape index (κ1) is 19.7. The maximum atomic E-state index is 15.1.